The Morgan fingerprint density at radius 1 is 1.37 bits per heavy atom. The highest BCUT2D eigenvalue weighted by atomic mass is 16.5. The Balaban J connectivity index is 1.87. The first kappa shape index (κ1) is 13.5. The summed E-state index contributed by atoms with van der Waals surface area (Å²) in [5.41, 5.74) is 2.40. The molecule has 0 saturated carbocycles. The quantitative estimate of drug-likeness (QED) is 0.770. The predicted octanol–water partition coefficient (Wildman–Crippen LogP) is 0.380. The van der Waals surface area contributed by atoms with Crippen molar-refractivity contribution in [1.82, 2.24) is 10.6 Å². The third-order valence-corrected chi connectivity index (χ3v) is 3.11. The van der Waals surface area contributed by atoms with Crippen LogP contribution in [0.2, 0.25) is 0 Å². The average molecular weight is 262 g/mol. The van der Waals surface area contributed by atoms with Crippen molar-refractivity contribution in [3.63, 3.8) is 0 Å². The third-order valence-electron chi connectivity index (χ3n) is 3.11. The fraction of sp³-hybridized carbons (Fsp3) is 0.429. The van der Waals surface area contributed by atoms with E-state index in [0.717, 1.165) is 0 Å². The lowest BCUT2D eigenvalue weighted by molar-refractivity contribution is -0.143. The molecule has 1 aliphatic rings. The zero-order valence-electron chi connectivity index (χ0n) is 10.9. The van der Waals surface area contributed by atoms with Crippen molar-refractivity contribution in [3.05, 3.63) is 35.4 Å². The van der Waals surface area contributed by atoms with Crippen LogP contribution in [-0.4, -0.2) is 31.1 Å². The summed E-state index contributed by atoms with van der Waals surface area (Å²) in [7, 11) is 0. The lowest BCUT2D eigenvalue weighted by Crippen LogP contribution is -2.48. The van der Waals surface area contributed by atoms with Gasteiger partial charge >= 0.3 is 5.97 Å². The largest absolute Gasteiger partial charge is 0.465 e. The second kappa shape index (κ2) is 6.33. The third kappa shape index (κ3) is 3.54. The first-order valence-electron chi connectivity index (χ1n) is 6.44. The van der Waals surface area contributed by atoms with E-state index in [9.17, 15) is 9.59 Å². The van der Waals surface area contributed by atoms with Crippen LogP contribution >= 0.6 is 0 Å². The molecule has 5 nitrogen and oxygen atoms in total. The number of amides is 1. The van der Waals surface area contributed by atoms with Crippen LogP contribution < -0.4 is 10.6 Å². The molecule has 1 aliphatic heterocycles. The molecular formula is C14H18N2O3. The summed E-state index contributed by atoms with van der Waals surface area (Å²) in [5.74, 6) is -0.574. The second-order valence-electron chi connectivity index (χ2n) is 4.43. The lowest BCUT2D eigenvalue weighted by atomic mass is 9.95. The number of fused-ring (bicyclic) bond motifs is 1. The molecule has 0 fully saturated rings. The standard InChI is InChI=1S/C14H18N2O3/c1-2-19-13(17)9-16-14(18)12-7-10-5-3-4-6-11(10)8-15-12/h3-6,12,15H,2,7-9H2,1H3,(H,16,18). The Kier molecular flexibility index (Phi) is 4.52. The molecule has 1 atom stereocenters. The molecule has 19 heavy (non-hydrogen) atoms. The Morgan fingerprint density at radius 2 is 2.11 bits per heavy atom. The zero-order chi connectivity index (χ0) is 13.7. The highest BCUT2D eigenvalue weighted by molar-refractivity contribution is 5.86. The first-order chi connectivity index (χ1) is 9.20. The molecule has 1 unspecified atom stereocenters. The smallest absolute Gasteiger partial charge is 0.325 e. The summed E-state index contributed by atoms with van der Waals surface area (Å²) in [5, 5.41) is 5.76. The molecular weight excluding hydrogens is 244 g/mol. The number of hydrogen-bond acceptors (Lipinski definition) is 4. The Bertz CT molecular complexity index is 474. The number of hydrogen-bond donors (Lipinski definition) is 2. The molecule has 0 aliphatic carbocycles. The number of carbonyl (C=O) groups excluding carboxylic acids is 2. The molecule has 5 heteroatoms. The average Bonchev–Trinajstić information content (AvgIpc) is 2.44. The maximum Gasteiger partial charge on any atom is 0.325 e. The molecule has 1 aromatic carbocycles. The molecule has 2 rings (SSSR count). The van der Waals surface area contributed by atoms with Crippen molar-refractivity contribution in [2.75, 3.05) is 13.2 Å². The van der Waals surface area contributed by atoms with Crippen molar-refractivity contribution in [3.8, 4) is 0 Å². The van der Waals surface area contributed by atoms with E-state index in [1.165, 1.54) is 11.1 Å². The Labute approximate surface area is 112 Å². The SMILES string of the molecule is CCOC(=O)CNC(=O)C1Cc2ccccc2CN1. The minimum absolute atomic E-state index is 0.0769. The van der Waals surface area contributed by atoms with Crippen LogP contribution in [0.4, 0.5) is 0 Å². The maximum atomic E-state index is 11.9. The van der Waals surface area contributed by atoms with Crippen LogP contribution in [0.1, 0.15) is 18.1 Å². The van der Waals surface area contributed by atoms with Crippen LogP contribution in [0.5, 0.6) is 0 Å². The van der Waals surface area contributed by atoms with E-state index in [0.29, 0.717) is 19.6 Å². The van der Waals surface area contributed by atoms with Gasteiger partial charge in [0.15, 0.2) is 0 Å². The van der Waals surface area contributed by atoms with Crippen LogP contribution in [0.3, 0.4) is 0 Å². The molecule has 1 amide bonds. The minimum atomic E-state index is -0.410. The molecule has 2 N–H and O–H groups in total. The Hall–Kier alpha value is -1.88. The van der Waals surface area contributed by atoms with Gasteiger partial charge in [-0.1, -0.05) is 24.3 Å². The van der Waals surface area contributed by atoms with Gasteiger partial charge < -0.3 is 15.4 Å². The minimum Gasteiger partial charge on any atom is -0.465 e. The van der Waals surface area contributed by atoms with Gasteiger partial charge in [-0.3, -0.25) is 9.59 Å². The normalized spacial score (nSPS) is 17.4. The van der Waals surface area contributed by atoms with Crippen LogP contribution in [-0.2, 0) is 27.3 Å². The van der Waals surface area contributed by atoms with E-state index in [2.05, 4.69) is 16.7 Å². The van der Waals surface area contributed by atoms with E-state index in [1.54, 1.807) is 6.92 Å². The van der Waals surface area contributed by atoms with Gasteiger partial charge in [0, 0.05) is 6.54 Å². The number of esters is 1. The maximum absolute atomic E-state index is 11.9. The molecule has 0 bridgehead atoms. The molecule has 1 aromatic rings. The fourth-order valence-corrected chi connectivity index (χ4v) is 2.13. The first-order valence-corrected chi connectivity index (χ1v) is 6.44. The molecule has 102 valence electrons. The second-order valence-corrected chi connectivity index (χ2v) is 4.43. The summed E-state index contributed by atoms with van der Waals surface area (Å²) in [6.45, 7) is 2.66. The van der Waals surface area contributed by atoms with Crippen LogP contribution in [0, 0.1) is 0 Å². The topological polar surface area (TPSA) is 67.4 Å². The van der Waals surface area contributed by atoms with Crippen molar-refractivity contribution >= 4 is 11.9 Å². The predicted molar refractivity (Wildman–Crippen MR) is 70.4 cm³/mol. The van der Waals surface area contributed by atoms with E-state index in [1.807, 2.05) is 18.2 Å². The van der Waals surface area contributed by atoms with E-state index in [4.69, 9.17) is 4.74 Å². The Morgan fingerprint density at radius 3 is 2.84 bits per heavy atom. The highest BCUT2D eigenvalue weighted by Gasteiger charge is 2.23. The van der Waals surface area contributed by atoms with Crippen molar-refractivity contribution in [1.29, 1.82) is 0 Å². The summed E-state index contributed by atoms with van der Waals surface area (Å²) in [4.78, 5) is 23.1. The number of benzene rings is 1. The zero-order valence-corrected chi connectivity index (χ0v) is 10.9. The van der Waals surface area contributed by atoms with Gasteiger partial charge in [0.1, 0.15) is 6.54 Å². The number of nitrogens with one attached hydrogen (secondary N) is 2. The van der Waals surface area contributed by atoms with Crippen LogP contribution in [0.25, 0.3) is 0 Å². The number of carbonyl (C=O) groups is 2. The van der Waals surface area contributed by atoms with Gasteiger partial charge in [0.25, 0.3) is 0 Å². The summed E-state index contributed by atoms with van der Waals surface area (Å²) < 4.78 is 4.76. The van der Waals surface area contributed by atoms with Gasteiger partial charge in [0.05, 0.1) is 12.6 Å². The molecule has 0 saturated heterocycles. The van der Waals surface area contributed by atoms with Gasteiger partial charge in [0.2, 0.25) is 5.91 Å². The lowest BCUT2D eigenvalue weighted by Gasteiger charge is -2.25. The monoisotopic (exact) mass is 262 g/mol. The molecule has 0 aromatic heterocycles. The number of rotatable bonds is 4. The molecule has 0 radical (unpaired) electrons. The number of ether oxygens (including phenoxy) is 1. The van der Waals surface area contributed by atoms with Gasteiger partial charge in [-0.15, -0.1) is 0 Å². The van der Waals surface area contributed by atoms with Gasteiger partial charge in [-0.05, 0) is 24.5 Å². The van der Waals surface area contributed by atoms with Crippen LogP contribution in [0.15, 0.2) is 24.3 Å². The van der Waals surface area contributed by atoms with E-state index >= 15 is 0 Å². The summed E-state index contributed by atoms with van der Waals surface area (Å²) >= 11 is 0. The highest BCUT2D eigenvalue weighted by Crippen LogP contribution is 2.16. The van der Waals surface area contributed by atoms with E-state index < -0.39 is 5.97 Å². The van der Waals surface area contributed by atoms with Crippen molar-refractivity contribution in [2.24, 2.45) is 0 Å². The summed E-state index contributed by atoms with van der Waals surface area (Å²) in [6.07, 6.45) is 0.644. The van der Waals surface area contributed by atoms with Crippen molar-refractivity contribution < 1.29 is 14.3 Å². The summed E-state index contributed by atoms with van der Waals surface area (Å²) in [6, 6.07) is 7.75. The van der Waals surface area contributed by atoms with E-state index in [-0.39, 0.29) is 18.5 Å². The molecule has 0 spiro atoms. The molecule has 1 heterocycles. The van der Waals surface area contributed by atoms with Crippen molar-refractivity contribution in [2.45, 2.75) is 25.9 Å². The van der Waals surface area contributed by atoms with Gasteiger partial charge in [-0.2, -0.15) is 0 Å². The fourth-order valence-electron chi connectivity index (χ4n) is 2.13. The van der Waals surface area contributed by atoms with Gasteiger partial charge in [-0.25, -0.2) is 0 Å².